The minimum Gasteiger partial charge on any atom is -0.370 e. The highest BCUT2D eigenvalue weighted by Crippen LogP contribution is 2.37. The summed E-state index contributed by atoms with van der Waals surface area (Å²) in [5.41, 5.74) is 0.138. The normalized spacial score (nSPS) is 31.6. The summed E-state index contributed by atoms with van der Waals surface area (Å²) in [5.74, 6) is 0.756. The van der Waals surface area contributed by atoms with Crippen LogP contribution in [0, 0.1) is 5.92 Å². The van der Waals surface area contributed by atoms with Crippen LogP contribution in [0.5, 0.6) is 0 Å². The van der Waals surface area contributed by atoms with E-state index >= 15 is 0 Å². The lowest BCUT2D eigenvalue weighted by Gasteiger charge is -2.43. The average Bonchev–Trinajstić information content (AvgIpc) is 2.41. The van der Waals surface area contributed by atoms with Crippen molar-refractivity contribution >= 4 is 0 Å². The van der Waals surface area contributed by atoms with Gasteiger partial charge in [-0.2, -0.15) is 0 Å². The number of hydrogen-bond donors (Lipinski definition) is 1. The standard InChI is InChI=1S/C17H33NO/c1-14(2)18-13-17(11-7-4-8-12-17)19-16-10-6-5-9-15(16)3/h14-16,18H,4-13H2,1-3H3. The molecule has 0 bridgehead atoms. The maximum Gasteiger partial charge on any atom is 0.0810 e. The Bertz CT molecular complexity index is 258. The second-order valence-electron chi connectivity index (χ2n) is 7.20. The van der Waals surface area contributed by atoms with E-state index in [1.54, 1.807) is 0 Å². The highest BCUT2D eigenvalue weighted by molar-refractivity contribution is 4.89. The van der Waals surface area contributed by atoms with Gasteiger partial charge >= 0.3 is 0 Å². The van der Waals surface area contributed by atoms with Crippen LogP contribution in [0.15, 0.2) is 0 Å². The molecule has 0 radical (unpaired) electrons. The largest absolute Gasteiger partial charge is 0.370 e. The lowest BCUT2D eigenvalue weighted by atomic mass is 9.82. The fourth-order valence-electron chi connectivity index (χ4n) is 3.70. The van der Waals surface area contributed by atoms with E-state index in [9.17, 15) is 0 Å². The van der Waals surface area contributed by atoms with Crippen LogP contribution in [-0.4, -0.2) is 24.3 Å². The third-order valence-corrected chi connectivity index (χ3v) is 5.03. The van der Waals surface area contributed by atoms with Gasteiger partial charge in [-0.25, -0.2) is 0 Å². The molecule has 2 unspecified atom stereocenters. The van der Waals surface area contributed by atoms with E-state index in [2.05, 4.69) is 26.1 Å². The molecule has 2 rings (SSSR count). The van der Waals surface area contributed by atoms with Gasteiger partial charge in [0.25, 0.3) is 0 Å². The van der Waals surface area contributed by atoms with Crippen molar-refractivity contribution in [1.29, 1.82) is 0 Å². The first kappa shape index (κ1) is 15.3. The molecule has 0 aromatic carbocycles. The molecule has 2 aliphatic rings. The van der Waals surface area contributed by atoms with E-state index in [0.717, 1.165) is 12.5 Å². The number of ether oxygens (including phenoxy) is 1. The number of nitrogens with one attached hydrogen (secondary N) is 1. The summed E-state index contributed by atoms with van der Waals surface area (Å²) in [5, 5.41) is 3.64. The molecule has 2 atom stereocenters. The Kier molecular flexibility index (Phi) is 5.70. The molecule has 0 spiro atoms. The van der Waals surface area contributed by atoms with Crippen LogP contribution in [0.1, 0.15) is 78.6 Å². The first-order valence-corrected chi connectivity index (χ1v) is 8.52. The van der Waals surface area contributed by atoms with Crippen LogP contribution in [0.2, 0.25) is 0 Å². The molecule has 19 heavy (non-hydrogen) atoms. The minimum absolute atomic E-state index is 0.138. The molecule has 2 fully saturated rings. The Balaban J connectivity index is 1.95. The van der Waals surface area contributed by atoms with Crippen molar-refractivity contribution in [3.05, 3.63) is 0 Å². The maximum absolute atomic E-state index is 6.72. The third kappa shape index (κ3) is 4.46. The SMILES string of the molecule is CC(C)NCC1(OC2CCCCC2C)CCCCC1. The molecular weight excluding hydrogens is 234 g/mol. The smallest absolute Gasteiger partial charge is 0.0810 e. The predicted molar refractivity (Wildman–Crippen MR) is 81.5 cm³/mol. The zero-order valence-electron chi connectivity index (χ0n) is 13.2. The average molecular weight is 267 g/mol. The highest BCUT2D eigenvalue weighted by atomic mass is 16.5. The third-order valence-electron chi connectivity index (χ3n) is 5.03. The van der Waals surface area contributed by atoms with E-state index in [-0.39, 0.29) is 5.60 Å². The monoisotopic (exact) mass is 267 g/mol. The molecule has 1 N–H and O–H groups in total. The zero-order chi connectivity index (χ0) is 13.7. The lowest BCUT2D eigenvalue weighted by Crippen LogP contribution is -2.49. The van der Waals surface area contributed by atoms with Gasteiger partial charge in [0.05, 0.1) is 11.7 Å². The molecule has 2 nitrogen and oxygen atoms in total. The Morgan fingerprint density at radius 1 is 1.05 bits per heavy atom. The summed E-state index contributed by atoms with van der Waals surface area (Å²) in [7, 11) is 0. The summed E-state index contributed by atoms with van der Waals surface area (Å²) >= 11 is 0. The molecule has 0 aromatic heterocycles. The summed E-state index contributed by atoms with van der Waals surface area (Å²) < 4.78 is 6.72. The Labute approximate surface area is 119 Å². The van der Waals surface area contributed by atoms with Gasteiger partial charge in [0.15, 0.2) is 0 Å². The molecule has 0 amide bonds. The Hall–Kier alpha value is -0.0800. The number of hydrogen-bond acceptors (Lipinski definition) is 2. The van der Waals surface area contributed by atoms with Crippen LogP contribution < -0.4 is 5.32 Å². The van der Waals surface area contributed by atoms with E-state index in [0.29, 0.717) is 12.1 Å². The quantitative estimate of drug-likeness (QED) is 0.802. The molecule has 0 aromatic rings. The van der Waals surface area contributed by atoms with Crippen molar-refractivity contribution in [3.63, 3.8) is 0 Å². The molecule has 0 aliphatic heterocycles. The molecule has 2 heteroatoms. The lowest BCUT2D eigenvalue weighted by molar-refractivity contribution is -0.138. The van der Waals surface area contributed by atoms with Crippen molar-refractivity contribution < 1.29 is 4.74 Å². The predicted octanol–water partition coefficient (Wildman–Crippen LogP) is 4.28. The Morgan fingerprint density at radius 3 is 2.37 bits per heavy atom. The summed E-state index contributed by atoms with van der Waals surface area (Å²) in [6.07, 6.45) is 12.5. The van der Waals surface area contributed by atoms with Gasteiger partial charge in [0.1, 0.15) is 0 Å². The molecule has 112 valence electrons. The first-order valence-electron chi connectivity index (χ1n) is 8.52. The maximum atomic E-state index is 6.72. The van der Waals surface area contributed by atoms with Crippen LogP contribution in [0.4, 0.5) is 0 Å². The second kappa shape index (κ2) is 7.08. The fraction of sp³-hybridized carbons (Fsp3) is 1.00. The van der Waals surface area contributed by atoms with E-state index in [4.69, 9.17) is 4.74 Å². The van der Waals surface area contributed by atoms with Gasteiger partial charge in [0, 0.05) is 12.6 Å². The summed E-state index contributed by atoms with van der Waals surface area (Å²) in [6, 6.07) is 0.561. The van der Waals surface area contributed by atoms with Gasteiger partial charge in [-0.05, 0) is 31.6 Å². The van der Waals surface area contributed by atoms with Crippen molar-refractivity contribution in [3.8, 4) is 0 Å². The zero-order valence-corrected chi connectivity index (χ0v) is 13.2. The summed E-state index contributed by atoms with van der Waals surface area (Å²) in [6.45, 7) is 7.91. The van der Waals surface area contributed by atoms with Gasteiger partial charge in [-0.15, -0.1) is 0 Å². The molecule has 2 saturated carbocycles. The fourth-order valence-corrected chi connectivity index (χ4v) is 3.70. The van der Waals surface area contributed by atoms with Gasteiger partial charge in [-0.1, -0.05) is 52.9 Å². The second-order valence-corrected chi connectivity index (χ2v) is 7.20. The van der Waals surface area contributed by atoms with Crippen LogP contribution in [-0.2, 0) is 4.74 Å². The van der Waals surface area contributed by atoms with E-state index in [1.165, 1.54) is 57.8 Å². The van der Waals surface area contributed by atoms with Crippen LogP contribution >= 0.6 is 0 Å². The van der Waals surface area contributed by atoms with Crippen molar-refractivity contribution in [2.45, 2.75) is 96.3 Å². The van der Waals surface area contributed by atoms with Crippen LogP contribution in [0.25, 0.3) is 0 Å². The van der Waals surface area contributed by atoms with Gasteiger partial charge in [0.2, 0.25) is 0 Å². The topological polar surface area (TPSA) is 21.3 Å². The van der Waals surface area contributed by atoms with Gasteiger partial charge in [-0.3, -0.25) is 0 Å². The van der Waals surface area contributed by atoms with Crippen LogP contribution in [0.3, 0.4) is 0 Å². The molecule has 2 aliphatic carbocycles. The highest BCUT2D eigenvalue weighted by Gasteiger charge is 2.37. The van der Waals surface area contributed by atoms with Crippen molar-refractivity contribution in [2.24, 2.45) is 5.92 Å². The summed E-state index contributed by atoms with van der Waals surface area (Å²) in [4.78, 5) is 0. The first-order chi connectivity index (χ1) is 9.11. The number of rotatable bonds is 5. The van der Waals surface area contributed by atoms with Crippen molar-refractivity contribution in [1.82, 2.24) is 5.32 Å². The van der Waals surface area contributed by atoms with E-state index in [1.807, 2.05) is 0 Å². The van der Waals surface area contributed by atoms with E-state index < -0.39 is 0 Å². The van der Waals surface area contributed by atoms with Crippen molar-refractivity contribution in [2.75, 3.05) is 6.54 Å². The minimum atomic E-state index is 0.138. The molecule has 0 heterocycles. The Morgan fingerprint density at radius 2 is 1.74 bits per heavy atom. The molecule has 0 saturated heterocycles. The van der Waals surface area contributed by atoms with Gasteiger partial charge < -0.3 is 10.1 Å². The molecular formula is C17H33NO.